The lowest BCUT2D eigenvalue weighted by Crippen LogP contribution is -2.25. The lowest BCUT2D eigenvalue weighted by atomic mass is 9.83. The highest BCUT2D eigenvalue weighted by molar-refractivity contribution is 5.43. The van der Waals surface area contributed by atoms with Gasteiger partial charge < -0.3 is 15.2 Å². The average Bonchev–Trinajstić information content (AvgIpc) is 2.53. The largest absolute Gasteiger partial charge is 0.496 e. The van der Waals surface area contributed by atoms with Crippen LogP contribution in [0.4, 0.5) is 0 Å². The molecular weight excluding hydrogens is 250 g/mol. The van der Waals surface area contributed by atoms with Crippen LogP contribution in [-0.4, -0.2) is 13.7 Å². The maximum Gasteiger partial charge on any atom is 0.123 e. The number of hydrogen-bond donors (Lipinski definition) is 1. The van der Waals surface area contributed by atoms with Crippen molar-refractivity contribution < 1.29 is 9.47 Å². The molecule has 0 fully saturated rings. The zero-order valence-corrected chi connectivity index (χ0v) is 11.6. The molecule has 1 aliphatic heterocycles. The number of hydrogen-bond acceptors (Lipinski definition) is 3. The minimum absolute atomic E-state index is 0.0869. The lowest BCUT2D eigenvalue weighted by molar-refractivity contribution is 0.254. The van der Waals surface area contributed by atoms with E-state index >= 15 is 0 Å². The molecule has 104 valence electrons. The Bertz CT molecular complexity index is 597. The first-order chi connectivity index (χ1) is 9.81. The lowest BCUT2D eigenvalue weighted by Gasteiger charge is -2.31. The Balaban J connectivity index is 1.97. The standard InChI is InChI=1S/C17H19NO2/c1-19-15-8-4-3-7-14(15)17(18)13-10-11-20-16-9-5-2-6-12(13)16/h2-9,13,17H,10-11,18H2,1H3. The highest BCUT2D eigenvalue weighted by Crippen LogP contribution is 2.41. The number of methoxy groups -OCH3 is 1. The maximum atomic E-state index is 6.53. The molecule has 0 saturated heterocycles. The highest BCUT2D eigenvalue weighted by atomic mass is 16.5. The number of benzene rings is 2. The SMILES string of the molecule is COc1ccccc1C(N)C1CCOc2ccccc21. The van der Waals surface area contributed by atoms with Crippen molar-refractivity contribution in [3.05, 3.63) is 59.7 Å². The van der Waals surface area contributed by atoms with Crippen LogP contribution >= 0.6 is 0 Å². The first kappa shape index (κ1) is 13.0. The van der Waals surface area contributed by atoms with Gasteiger partial charge >= 0.3 is 0 Å². The number of ether oxygens (including phenoxy) is 2. The second kappa shape index (κ2) is 5.55. The third kappa shape index (κ3) is 2.25. The van der Waals surface area contributed by atoms with Crippen LogP contribution in [0, 0.1) is 0 Å². The third-order valence-corrected chi connectivity index (χ3v) is 3.94. The predicted octanol–water partition coefficient (Wildman–Crippen LogP) is 3.26. The van der Waals surface area contributed by atoms with Gasteiger partial charge in [-0.05, 0) is 24.1 Å². The zero-order chi connectivity index (χ0) is 13.9. The highest BCUT2D eigenvalue weighted by Gasteiger charge is 2.28. The van der Waals surface area contributed by atoms with Gasteiger partial charge in [-0.15, -0.1) is 0 Å². The fraction of sp³-hybridized carbons (Fsp3) is 0.294. The summed E-state index contributed by atoms with van der Waals surface area (Å²) in [7, 11) is 1.68. The minimum Gasteiger partial charge on any atom is -0.496 e. The quantitative estimate of drug-likeness (QED) is 0.930. The molecule has 1 heterocycles. The van der Waals surface area contributed by atoms with Crippen molar-refractivity contribution in [1.29, 1.82) is 0 Å². The normalized spacial score (nSPS) is 18.8. The van der Waals surface area contributed by atoms with Gasteiger partial charge in [0.2, 0.25) is 0 Å². The smallest absolute Gasteiger partial charge is 0.123 e. The fourth-order valence-corrected chi connectivity index (χ4v) is 2.90. The third-order valence-electron chi connectivity index (χ3n) is 3.94. The number of nitrogens with two attached hydrogens (primary N) is 1. The molecule has 0 amide bonds. The van der Waals surface area contributed by atoms with E-state index in [4.69, 9.17) is 15.2 Å². The van der Waals surface area contributed by atoms with Crippen LogP contribution in [0.2, 0.25) is 0 Å². The molecule has 2 aromatic rings. The second-order valence-corrected chi connectivity index (χ2v) is 5.05. The van der Waals surface area contributed by atoms with Crippen molar-refractivity contribution >= 4 is 0 Å². The van der Waals surface area contributed by atoms with Gasteiger partial charge in [0.25, 0.3) is 0 Å². The van der Waals surface area contributed by atoms with E-state index in [1.165, 1.54) is 5.56 Å². The molecule has 20 heavy (non-hydrogen) atoms. The van der Waals surface area contributed by atoms with Gasteiger partial charge in [0.1, 0.15) is 11.5 Å². The topological polar surface area (TPSA) is 44.5 Å². The van der Waals surface area contributed by atoms with E-state index in [1.807, 2.05) is 42.5 Å². The van der Waals surface area contributed by atoms with Crippen LogP contribution in [0.15, 0.2) is 48.5 Å². The van der Waals surface area contributed by atoms with Crippen molar-refractivity contribution in [2.45, 2.75) is 18.4 Å². The molecule has 0 bridgehead atoms. The van der Waals surface area contributed by atoms with Crippen LogP contribution in [0.25, 0.3) is 0 Å². The molecule has 3 nitrogen and oxygen atoms in total. The van der Waals surface area contributed by atoms with E-state index in [2.05, 4.69) is 6.07 Å². The van der Waals surface area contributed by atoms with Crippen molar-refractivity contribution in [3.63, 3.8) is 0 Å². The van der Waals surface area contributed by atoms with Crippen LogP contribution in [0.1, 0.15) is 29.5 Å². The maximum absolute atomic E-state index is 6.53. The average molecular weight is 269 g/mol. The monoisotopic (exact) mass is 269 g/mol. The van der Waals surface area contributed by atoms with Gasteiger partial charge in [0.15, 0.2) is 0 Å². The van der Waals surface area contributed by atoms with E-state index in [0.717, 1.165) is 23.5 Å². The molecule has 1 aliphatic rings. The Labute approximate surface area is 119 Å². The van der Waals surface area contributed by atoms with Gasteiger partial charge in [0.05, 0.1) is 13.7 Å². The second-order valence-electron chi connectivity index (χ2n) is 5.05. The first-order valence-electron chi connectivity index (χ1n) is 6.91. The number of fused-ring (bicyclic) bond motifs is 1. The summed E-state index contributed by atoms with van der Waals surface area (Å²) in [5, 5.41) is 0. The minimum atomic E-state index is -0.0869. The van der Waals surface area contributed by atoms with Gasteiger partial charge in [-0.25, -0.2) is 0 Å². The summed E-state index contributed by atoms with van der Waals surface area (Å²) in [5.74, 6) is 2.06. The van der Waals surface area contributed by atoms with E-state index in [9.17, 15) is 0 Å². The van der Waals surface area contributed by atoms with Gasteiger partial charge in [-0.3, -0.25) is 0 Å². The summed E-state index contributed by atoms with van der Waals surface area (Å²) < 4.78 is 11.1. The van der Waals surface area contributed by atoms with E-state index in [1.54, 1.807) is 7.11 Å². The molecular formula is C17H19NO2. The molecule has 2 N–H and O–H groups in total. The van der Waals surface area contributed by atoms with Gasteiger partial charge in [0, 0.05) is 17.5 Å². The molecule has 0 spiro atoms. The molecule has 3 heteroatoms. The summed E-state index contributed by atoms with van der Waals surface area (Å²) in [6.07, 6.45) is 0.927. The molecule has 0 saturated carbocycles. The first-order valence-corrected chi connectivity index (χ1v) is 6.91. The fourth-order valence-electron chi connectivity index (χ4n) is 2.90. The van der Waals surface area contributed by atoms with E-state index in [0.29, 0.717) is 6.61 Å². The number of rotatable bonds is 3. The number of para-hydroxylation sites is 2. The Kier molecular flexibility index (Phi) is 3.61. The zero-order valence-electron chi connectivity index (χ0n) is 11.6. The van der Waals surface area contributed by atoms with Crippen LogP contribution in [0.5, 0.6) is 11.5 Å². The Morgan fingerprint density at radius 3 is 2.75 bits per heavy atom. The molecule has 2 atom stereocenters. The van der Waals surface area contributed by atoms with Crippen LogP contribution in [0.3, 0.4) is 0 Å². The summed E-state index contributed by atoms with van der Waals surface area (Å²) in [6, 6.07) is 16.0. The molecule has 0 aliphatic carbocycles. The Morgan fingerprint density at radius 1 is 1.15 bits per heavy atom. The van der Waals surface area contributed by atoms with Crippen molar-refractivity contribution in [3.8, 4) is 11.5 Å². The molecule has 2 aromatic carbocycles. The molecule has 2 unspecified atom stereocenters. The van der Waals surface area contributed by atoms with Crippen molar-refractivity contribution in [2.24, 2.45) is 5.73 Å². The van der Waals surface area contributed by atoms with Crippen molar-refractivity contribution in [1.82, 2.24) is 0 Å². The van der Waals surface area contributed by atoms with Crippen molar-refractivity contribution in [2.75, 3.05) is 13.7 Å². The van der Waals surface area contributed by atoms with E-state index < -0.39 is 0 Å². The van der Waals surface area contributed by atoms with Crippen LogP contribution in [-0.2, 0) is 0 Å². The molecule has 0 radical (unpaired) electrons. The van der Waals surface area contributed by atoms with Crippen LogP contribution < -0.4 is 15.2 Å². The molecule has 3 rings (SSSR count). The summed E-state index contributed by atoms with van der Waals surface area (Å²) in [5.41, 5.74) is 8.77. The summed E-state index contributed by atoms with van der Waals surface area (Å²) in [4.78, 5) is 0. The Morgan fingerprint density at radius 2 is 1.90 bits per heavy atom. The molecule has 0 aromatic heterocycles. The van der Waals surface area contributed by atoms with Gasteiger partial charge in [-0.1, -0.05) is 36.4 Å². The van der Waals surface area contributed by atoms with Gasteiger partial charge in [-0.2, -0.15) is 0 Å². The Hall–Kier alpha value is -2.00. The summed E-state index contributed by atoms with van der Waals surface area (Å²) in [6.45, 7) is 0.713. The predicted molar refractivity (Wildman–Crippen MR) is 79.2 cm³/mol. The van der Waals surface area contributed by atoms with E-state index in [-0.39, 0.29) is 12.0 Å². The summed E-state index contributed by atoms with van der Waals surface area (Å²) >= 11 is 0.